The van der Waals surface area contributed by atoms with Crippen LogP contribution in [0, 0.1) is 12.7 Å². The van der Waals surface area contributed by atoms with E-state index < -0.39 is 0 Å². The minimum absolute atomic E-state index is 0.121. The molecule has 3 nitrogen and oxygen atoms in total. The minimum Gasteiger partial charge on any atom is -0.394 e. The molecule has 0 radical (unpaired) electrons. The molecule has 1 aliphatic rings. The van der Waals surface area contributed by atoms with Gasteiger partial charge < -0.3 is 15.7 Å². The summed E-state index contributed by atoms with van der Waals surface area (Å²) in [7, 11) is 0. The van der Waals surface area contributed by atoms with Crippen molar-refractivity contribution in [2.45, 2.75) is 45.2 Å². The average molecular weight is 266 g/mol. The first-order valence-electron chi connectivity index (χ1n) is 6.97. The summed E-state index contributed by atoms with van der Waals surface area (Å²) in [4.78, 5) is 2.19. The van der Waals surface area contributed by atoms with E-state index in [4.69, 9.17) is 5.73 Å². The zero-order chi connectivity index (χ0) is 14.0. The molecule has 1 heterocycles. The molecule has 2 atom stereocenters. The van der Waals surface area contributed by atoms with E-state index in [0.717, 1.165) is 37.1 Å². The lowest BCUT2D eigenvalue weighted by atomic mass is 9.97. The number of hydrogen-bond donors (Lipinski definition) is 2. The van der Waals surface area contributed by atoms with E-state index in [1.54, 1.807) is 13.0 Å². The van der Waals surface area contributed by atoms with E-state index in [0.29, 0.717) is 5.56 Å². The van der Waals surface area contributed by atoms with Crippen LogP contribution in [0.4, 0.5) is 10.1 Å². The Morgan fingerprint density at radius 3 is 2.84 bits per heavy atom. The molecule has 0 aromatic heterocycles. The summed E-state index contributed by atoms with van der Waals surface area (Å²) in [5, 5.41) is 9.53. The van der Waals surface area contributed by atoms with Crippen molar-refractivity contribution >= 4 is 5.69 Å². The van der Waals surface area contributed by atoms with E-state index in [9.17, 15) is 9.50 Å². The topological polar surface area (TPSA) is 49.5 Å². The monoisotopic (exact) mass is 266 g/mol. The van der Waals surface area contributed by atoms with Gasteiger partial charge in [0.2, 0.25) is 0 Å². The number of nitrogens with zero attached hydrogens (tertiary/aromatic N) is 1. The maximum atomic E-state index is 13.7. The molecule has 1 saturated heterocycles. The fourth-order valence-electron chi connectivity index (χ4n) is 2.80. The second kappa shape index (κ2) is 5.88. The van der Waals surface area contributed by atoms with Crippen molar-refractivity contribution in [3.8, 4) is 0 Å². The zero-order valence-corrected chi connectivity index (χ0v) is 11.7. The Morgan fingerprint density at radius 2 is 2.21 bits per heavy atom. The summed E-state index contributed by atoms with van der Waals surface area (Å²) in [6.07, 6.45) is 3.21. The molecule has 0 spiro atoms. The molecule has 1 fully saturated rings. The molecule has 2 rings (SSSR count). The number of piperidine rings is 1. The van der Waals surface area contributed by atoms with Gasteiger partial charge in [0, 0.05) is 18.3 Å². The van der Waals surface area contributed by atoms with Crippen LogP contribution in [0.3, 0.4) is 0 Å². The molecule has 0 amide bonds. The van der Waals surface area contributed by atoms with Crippen LogP contribution in [0.15, 0.2) is 12.1 Å². The van der Waals surface area contributed by atoms with Gasteiger partial charge >= 0.3 is 0 Å². The smallest absolute Gasteiger partial charge is 0.126 e. The number of anilines is 1. The lowest BCUT2D eigenvalue weighted by Crippen LogP contribution is -2.42. The third-order valence-electron chi connectivity index (χ3n) is 3.95. The Labute approximate surface area is 114 Å². The van der Waals surface area contributed by atoms with E-state index in [-0.39, 0.29) is 24.5 Å². The van der Waals surface area contributed by atoms with Gasteiger partial charge in [-0.3, -0.25) is 0 Å². The second-order valence-corrected chi connectivity index (χ2v) is 5.47. The molecule has 106 valence electrons. The lowest BCUT2D eigenvalue weighted by molar-refractivity contribution is 0.240. The van der Waals surface area contributed by atoms with E-state index in [1.165, 1.54) is 0 Å². The normalized spacial score (nSPS) is 21.5. The Bertz CT molecular complexity index is 448. The van der Waals surface area contributed by atoms with Gasteiger partial charge in [0.05, 0.1) is 12.6 Å². The van der Waals surface area contributed by atoms with Gasteiger partial charge in [-0.15, -0.1) is 0 Å². The van der Waals surface area contributed by atoms with Crippen LogP contribution < -0.4 is 10.6 Å². The molecule has 0 aliphatic carbocycles. The van der Waals surface area contributed by atoms with Gasteiger partial charge in [-0.2, -0.15) is 0 Å². The van der Waals surface area contributed by atoms with Crippen LogP contribution in [-0.4, -0.2) is 24.3 Å². The van der Waals surface area contributed by atoms with E-state index in [1.807, 2.05) is 13.0 Å². The number of benzene rings is 1. The predicted octanol–water partition coefficient (Wildman–Crippen LogP) is 2.51. The highest BCUT2D eigenvalue weighted by Crippen LogP contribution is 2.32. The maximum Gasteiger partial charge on any atom is 0.126 e. The number of rotatable bonds is 3. The SMILES string of the molecule is Cc1cc(N2CCCCC2CO)c([C@H](C)N)cc1F. The predicted molar refractivity (Wildman–Crippen MR) is 75.8 cm³/mol. The van der Waals surface area contributed by atoms with Crippen LogP contribution >= 0.6 is 0 Å². The summed E-state index contributed by atoms with van der Waals surface area (Å²) in [5.74, 6) is -0.214. The van der Waals surface area contributed by atoms with Gasteiger partial charge in [0.1, 0.15) is 5.82 Å². The molecule has 19 heavy (non-hydrogen) atoms. The molecule has 3 N–H and O–H groups in total. The molecule has 0 bridgehead atoms. The van der Waals surface area contributed by atoms with Gasteiger partial charge in [-0.05, 0) is 56.4 Å². The number of aliphatic hydroxyl groups is 1. The minimum atomic E-state index is -0.216. The quantitative estimate of drug-likeness (QED) is 0.883. The second-order valence-electron chi connectivity index (χ2n) is 5.47. The van der Waals surface area contributed by atoms with E-state index >= 15 is 0 Å². The maximum absolute atomic E-state index is 13.7. The lowest BCUT2D eigenvalue weighted by Gasteiger charge is -2.38. The summed E-state index contributed by atoms with van der Waals surface area (Å²) in [6, 6.07) is 3.31. The summed E-state index contributed by atoms with van der Waals surface area (Å²) in [6.45, 7) is 4.66. The fraction of sp³-hybridized carbons (Fsp3) is 0.600. The Balaban J connectivity index is 2.44. The highest BCUT2D eigenvalue weighted by molar-refractivity contribution is 5.58. The summed E-state index contributed by atoms with van der Waals surface area (Å²) >= 11 is 0. The van der Waals surface area contributed by atoms with Crippen LogP contribution in [0.25, 0.3) is 0 Å². The van der Waals surface area contributed by atoms with Crippen molar-refractivity contribution in [1.82, 2.24) is 0 Å². The van der Waals surface area contributed by atoms with Crippen LogP contribution in [0.5, 0.6) is 0 Å². The third-order valence-corrected chi connectivity index (χ3v) is 3.95. The zero-order valence-electron chi connectivity index (χ0n) is 11.7. The first-order valence-corrected chi connectivity index (χ1v) is 6.97. The van der Waals surface area contributed by atoms with E-state index in [2.05, 4.69) is 4.90 Å². The van der Waals surface area contributed by atoms with Crippen molar-refractivity contribution in [3.05, 3.63) is 29.1 Å². The molecule has 1 aromatic rings. The van der Waals surface area contributed by atoms with Gasteiger partial charge in [-0.1, -0.05) is 0 Å². The van der Waals surface area contributed by atoms with Gasteiger partial charge in [-0.25, -0.2) is 4.39 Å². The molecule has 1 unspecified atom stereocenters. The van der Waals surface area contributed by atoms with Crippen LogP contribution in [-0.2, 0) is 0 Å². The molecule has 1 aromatic carbocycles. The largest absolute Gasteiger partial charge is 0.394 e. The third kappa shape index (κ3) is 2.90. The van der Waals surface area contributed by atoms with Crippen molar-refractivity contribution in [1.29, 1.82) is 0 Å². The molecule has 1 aliphatic heterocycles. The van der Waals surface area contributed by atoms with Crippen molar-refractivity contribution in [2.75, 3.05) is 18.1 Å². The molecule has 0 saturated carbocycles. The summed E-state index contributed by atoms with van der Waals surface area (Å²) in [5.41, 5.74) is 8.40. The van der Waals surface area contributed by atoms with Crippen molar-refractivity contribution in [2.24, 2.45) is 5.73 Å². The van der Waals surface area contributed by atoms with Gasteiger partial charge in [0.25, 0.3) is 0 Å². The van der Waals surface area contributed by atoms with Crippen LogP contribution in [0.2, 0.25) is 0 Å². The molecular formula is C15H23FN2O. The number of aliphatic hydroxyl groups excluding tert-OH is 1. The Kier molecular flexibility index (Phi) is 4.42. The van der Waals surface area contributed by atoms with Crippen molar-refractivity contribution < 1.29 is 9.50 Å². The number of aryl methyl sites for hydroxylation is 1. The van der Waals surface area contributed by atoms with Crippen molar-refractivity contribution in [3.63, 3.8) is 0 Å². The standard InChI is InChI=1S/C15H23FN2O/c1-10-7-15(13(11(2)17)8-14(10)16)18-6-4-3-5-12(18)9-19/h7-8,11-12,19H,3-6,9,17H2,1-2H3/t11-,12?/m0/s1. The first-order chi connectivity index (χ1) is 9.04. The Morgan fingerprint density at radius 1 is 1.47 bits per heavy atom. The molecular weight excluding hydrogens is 243 g/mol. The highest BCUT2D eigenvalue weighted by atomic mass is 19.1. The fourth-order valence-corrected chi connectivity index (χ4v) is 2.80. The number of hydrogen-bond acceptors (Lipinski definition) is 3. The highest BCUT2D eigenvalue weighted by Gasteiger charge is 2.25. The summed E-state index contributed by atoms with van der Waals surface area (Å²) < 4.78 is 13.7. The number of nitrogens with two attached hydrogens (primary N) is 1. The number of halogens is 1. The average Bonchev–Trinajstić information content (AvgIpc) is 2.41. The molecule has 4 heteroatoms. The Hall–Kier alpha value is -1.13. The first kappa shape index (κ1) is 14.3. The van der Waals surface area contributed by atoms with Crippen LogP contribution in [0.1, 0.15) is 43.4 Å². The van der Waals surface area contributed by atoms with Gasteiger partial charge in [0.15, 0.2) is 0 Å².